The van der Waals surface area contributed by atoms with E-state index in [1.807, 2.05) is 30.3 Å². The standard InChI is InChI=1S/C10H13NO/c11-9-6-10(12,7-9)8-4-2-1-3-5-8/h1-5,9,12H,6-7,11H2. The molecule has 1 aliphatic carbocycles. The molecule has 0 heterocycles. The highest BCUT2D eigenvalue weighted by Crippen LogP contribution is 2.39. The van der Waals surface area contributed by atoms with Crippen molar-refractivity contribution < 1.29 is 5.11 Å². The third-order valence-corrected chi connectivity index (χ3v) is 2.51. The van der Waals surface area contributed by atoms with Crippen LogP contribution in [0.15, 0.2) is 30.3 Å². The van der Waals surface area contributed by atoms with Gasteiger partial charge in [-0.05, 0) is 18.4 Å². The molecule has 1 fully saturated rings. The van der Waals surface area contributed by atoms with E-state index >= 15 is 0 Å². The van der Waals surface area contributed by atoms with Crippen LogP contribution in [0.3, 0.4) is 0 Å². The van der Waals surface area contributed by atoms with E-state index in [4.69, 9.17) is 5.73 Å². The average Bonchev–Trinajstić information content (AvgIpc) is 2.04. The van der Waals surface area contributed by atoms with E-state index in [-0.39, 0.29) is 6.04 Å². The lowest BCUT2D eigenvalue weighted by Gasteiger charge is -2.42. The van der Waals surface area contributed by atoms with E-state index in [0.29, 0.717) is 12.8 Å². The lowest BCUT2D eigenvalue weighted by molar-refractivity contribution is -0.0522. The molecule has 2 heteroatoms. The van der Waals surface area contributed by atoms with Gasteiger partial charge in [-0.15, -0.1) is 0 Å². The van der Waals surface area contributed by atoms with Crippen LogP contribution in [0, 0.1) is 0 Å². The van der Waals surface area contributed by atoms with Crippen molar-refractivity contribution in [3.05, 3.63) is 35.9 Å². The van der Waals surface area contributed by atoms with Crippen LogP contribution >= 0.6 is 0 Å². The highest BCUT2D eigenvalue weighted by atomic mass is 16.3. The first-order chi connectivity index (χ1) is 5.71. The smallest absolute Gasteiger partial charge is 0.0926 e. The Hall–Kier alpha value is -0.860. The van der Waals surface area contributed by atoms with Gasteiger partial charge >= 0.3 is 0 Å². The van der Waals surface area contributed by atoms with E-state index in [1.165, 1.54) is 0 Å². The molecule has 0 unspecified atom stereocenters. The molecule has 1 aromatic carbocycles. The number of aliphatic hydroxyl groups is 1. The summed E-state index contributed by atoms with van der Waals surface area (Å²) in [6.07, 6.45) is 1.38. The van der Waals surface area contributed by atoms with Crippen molar-refractivity contribution in [1.82, 2.24) is 0 Å². The molecular formula is C10H13NO. The van der Waals surface area contributed by atoms with Crippen molar-refractivity contribution in [2.24, 2.45) is 5.73 Å². The van der Waals surface area contributed by atoms with Crippen molar-refractivity contribution in [1.29, 1.82) is 0 Å². The number of rotatable bonds is 1. The summed E-state index contributed by atoms with van der Waals surface area (Å²) in [7, 11) is 0. The first-order valence-electron chi connectivity index (χ1n) is 4.24. The van der Waals surface area contributed by atoms with Gasteiger partial charge < -0.3 is 10.8 Å². The Labute approximate surface area is 72.0 Å². The van der Waals surface area contributed by atoms with E-state index < -0.39 is 5.60 Å². The van der Waals surface area contributed by atoms with Crippen LogP contribution in [-0.4, -0.2) is 11.1 Å². The Bertz CT molecular complexity index is 264. The molecular weight excluding hydrogens is 150 g/mol. The molecule has 0 saturated heterocycles. The van der Waals surface area contributed by atoms with Gasteiger partial charge in [0.25, 0.3) is 0 Å². The van der Waals surface area contributed by atoms with Gasteiger partial charge in [-0.1, -0.05) is 30.3 Å². The molecule has 12 heavy (non-hydrogen) atoms. The highest BCUT2D eigenvalue weighted by Gasteiger charge is 2.41. The van der Waals surface area contributed by atoms with Gasteiger partial charge in [0.1, 0.15) is 0 Å². The minimum atomic E-state index is -0.638. The third kappa shape index (κ3) is 1.13. The normalized spacial score (nSPS) is 34.3. The quantitative estimate of drug-likeness (QED) is 0.648. The van der Waals surface area contributed by atoms with Crippen LogP contribution in [0.25, 0.3) is 0 Å². The SMILES string of the molecule is NC1CC(O)(c2ccccc2)C1. The predicted molar refractivity (Wildman–Crippen MR) is 47.5 cm³/mol. The predicted octanol–water partition coefficient (Wildman–Crippen LogP) is 0.995. The van der Waals surface area contributed by atoms with E-state index in [0.717, 1.165) is 5.56 Å². The van der Waals surface area contributed by atoms with Gasteiger partial charge in [-0.3, -0.25) is 0 Å². The minimum Gasteiger partial charge on any atom is -0.385 e. The van der Waals surface area contributed by atoms with Gasteiger partial charge in [0.2, 0.25) is 0 Å². The summed E-state index contributed by atoms with van der Waals surface area (Å²) in [6.45, 7) is 0. The maximum Gasteiger partial charge on any atom is 0.0926 e. The maximum absolute atomic E-state index is 9.97. The fourth-order valence-electron chi connectivity index (χ4n) is 1.79. The maximum atomic E-state index is 9.97. The molecule has 3 N–H and O–H groups in total. The topological polar surface area (TPSA) is 46.2 Å². The number of hydrogen-bond donors (Lipinski definition) is 2. The average molecular weight is 163 g/mol. The number of nitrogens with two attached hydrogens (primary N) is 1. The Morgan fingerprint density at radius 2 is 1.83 bits per heavy atom. The molecule has 1 aliphatic rings. The zero-order valence-corrected chi connectivity index (χ0v) is 6.90. The van der Waals surface area contributed by atoms with Gasteiger partial charge in [0.15, 0.2) is 0 Å². The van der Waals surface area contributed by atoms with Crippen LogP contribution in [0.4, 0.5) is 0 Å². The van der Waals surface area contributed by atoms with Gasteiger partial charge in [-0.2, -0.15) is 0 Å². The van der Waals surface area contributed by atoms with Crippen molar-refractivity contribution in [2.45, 2.75) is 24.5 Å². The molecule has 1 aromatic rings. The molecule has 0 bridgehead atoms. The summed E-state index contributed by atoms with van der Waals surface area (Å²) < 4.78 is 0. The van der Waals surface area contributed by atoms with Crippen molar-refractivity contribution in [2.75, 3.05) is 0 Å². The molecule has 64 valence electrons. The molecule has 0 amide bonds. The van der Waals surface area contributed by atoms with E-state index in [1.54, 1.807) is 0 Å². The lowest BCUT2D eigenvalue weighted by Crippen LogP contribution is -2.49. The fourth-order valence-corrected chi connectivity index (χ4v) is 1.79. The van der Waals surface area contributed by atoms with Crippen LogP contribution in [0.2, 0.25) is 0 Å². The zero-order chi connectivity index (χ0) is 8.60. The Morgan fingerprint density at radius 3 is 2.33 bits per heavy atom. The molecule has 0 atom stereocenters. The summed E-state index contributed by atoms with van der Waals surface area (Å²) in [5.74, 6) is 0. The largest absolute Gasteiger partial charge is 0.385 e. The Balaban J connectivity index is 2.21. The second-order valence-corrected chi connectivity index (χ2v) is 3.57. The Morgan fingerprint density at radius 1 is 1.25 bits per heavy atom. The summed E-state index contributed by atoms with van der Waals surface area (Å²) in [6, 6.07) is 9.91. The molecule has 2 rings (SSSR count). The number of benzene rings is 1. The second kappa shape index (κ2) is 2.57. The molecule has 0 radical (unpaired) electrons. The monoisotopic (exact) mass is 163 g/mol. The van der Waals surface area contributed by atoms with Crippen molar-refractivity contribution >= 4 is 0 Å². The molecule has 0 aliphatic heterocycles. The summed E-state index contributed by atoms with van der Waals surface area (Å²) >= 11 is 0. The van der Waals surface area contributed by atoms with Crippen molar-refractivity contribution in [3.63, 3.8) is 0 Å². The molecule has 1 saturated carbocycles. The zero-order valence-electron chi connectivity index (χ0n) is 6.90. The van der Waals surface area contributed by atoms with Gasteiger partial charge in [0.05, 0.1) is 5.60 Å². The van der Waals surface area contributed by atoms with Crippen molar-refractivity contribution in [3.8, 4) is 0 Å². The van der Waals surface area contributed by atoms with Crippen LogP contribution in [-0.2, 0) is 5.60 Å². The summed E-state index contributed by atoms with van der Waals surface area (Å²) in [4.78, 5) is 0. The first kappa shape index (κ1) is 7.77. The van der Waals surface area contributed by atoms with E-state index in [2.05, 4.69) is 0 Å². The van der Waals surface area contributed by atoms with Crippen LogP contribution < -0.4 is 5.73 Å². The van der Waals surface area contributed by atoms with E-state index in [9.17, 15) is 5.11 Å². The van der Waals surface area contributed by atoms with Gasteiger partial charge in [-0.25, -0.2) is 0 Å². The van der Waals surface area contributed by atoms with Gasteiger partial charge in [0, 0.05) is 6.04 Å². The third-order valence-electron chi connectivity index (χ3n) is 2.51. The molecule has 2 nitrogen and oxygen atoms in total. The first-order valence-corrected chi connectivity index (χ1v) is 4.24. The summed E-state index contributed by atoms with van der Waals surface area (Å²) in [5, 5.41) is 9.97. The lowest BCUT2D eigenvalue weighted by atomic mass is 9.72. The highest BCUT2D eigenvalue weighted by molar-refractivity contribution is 5.25. The molecule has 0 aromatic heterocycles. The minimum absolute atomic E-state index is 0.176. The van der Waals surface area contributed by atoms with Crippen LogP contribution in [0.5, 0.6) is 0 Å². The van der Waals surface area contributed by atoms with Crippen LogP contribution in [0.1, 0.15) is 18.4 Å². The fraction of sp³-hybridized carbons (Fsp3) is 0.400. The second-order valence-electron chi connectivity index (χ2n) is 3.57. The molecule has 0 spiro atoms. The number of hydrogen-bond acceptors (Lipinski definition) is 2. The summed E-state index contributed by atoms with van der Waals surface area (Å²) in [5.41, 5.74) is 5.99. The Kier molecular flexibility index (Phi) is 1.67.